The summed E-state index contributed by atoms with van der Waals surface area (Å²) in [5.74, 6) is -0.675. The Morgan fingerprint density at radius 1 is 1.20 bits per heavy atom. The standard InChI is InChI=1S/C24H29F3N2O5S/c1-22(2,3)33-21(30)29-19-11-12-23(4)17(15-6-5-13-28-14-15)8-9-18(23)16(19)7-10-20(29)34-35(31,32)24(25,26)27/h5-6,8,10,13-14,16,18-19H,7,9,11-12H2,1-4H3/t16-,18-,19-,23+/m0/s1. The molecule has 0 spiro atoms. The summed E-state index contributed by atoms with van der Waals surface area (Å²) in [5, 5.41) is 0. The maximum absolute atomic E-state index is 13.2. The molecule has 0 saturated heterocycles. The first-order chi connectivity index (χ1) is 16.1. The van der Waals surface area contributed by atoms with E-state index in [-0.39, 0.29) is 23.7 Å². The van der Waals surface area contributed by atoms with Crippen molar-refractivity contribution >= 4 is 21.8 Å². The van der Waals surface area contributed by atoms with Crippen molar-refractivity contribution in [2.75, 3.05) is 0 Å². The summed E-state index contributed by atoms with van der Waals surface area (Å²) in [6.07, 6.45) is 8.13. The monoisotopic (exact) mass is 514 g/mol. The summed E-state index contributed by atoms with van der Waals surface area (Å²) in [6.45, 7) is 7.05. The molecule has 2 heterocycles. The third kappa shape index (κ3) is 4.66. The van der Waals surface area contributed by atoms with Crippen LogP contribution < -0.4 is 0 Å². The number of allylic oxidation sites excluding steroid dienone is 3. The lowest BCUT2D eigenvalue weighted by Crippen LogP contribution is -2.55. The number of hydrogen-bond donors (Lipinski definition) is 0. The Morgan fingerprint density at radius 3 is 2.51 bits per heavy atom. The van der Waals surface area contributed by atoms with Gasteiger partial charge in [-0.1, -0.05) is 19.1 Å². The van der Waals surface area contributed by atoms with E-state index in [1.807, 2.05) is 18.3 Å². The van der Waals surface area contributed by atoms with Gasteiger partial charge in [0.05, 0.1) is 0 Å². The van der Waals surface area contributed by atoms with Crippen molar-refractivity contribution in [3.8, 4) is 0 Å². The number of hydrogen-bond acceptors (Lipinski definition) is 6. The van der Waals surface area contributed by atoms with Gasteiger partial charge in [-0.2, -0.15) is 21.6 Å². The zero-order chi connectivity index (χ0) is 25.8. The fraction of sp³-hybridized carbons (Fsp3) is 0.583. The minimum absolute atomic E-state index is 0.0958. The molecule has 35 heavy (non-hydrogen) atoms. The minimum Gasteiger partial charge on any atom is -0.443 e. The zero-order valence-electron chi connectivity index (χ0n) is 20.0. The van der Waals surface area contributed by atoms with Gasteiger partial charge in [-0.25, -0.2) is 9.69 Å². The van der Waals surface area contributed by atoms with Crippen molar-refractivity contribution in [3.05, 3.63) is 48.1 Å². The highest BCUT2D eigenvalue weighted by molar-refractivity contribution is 7.87. The fourth-order valence-electron chi connectivity index (χ4n) is 5.72. The van der Waals surface area contributed by atoms with E-state index < -0.39 is 39.2 Å². The molecule has 1 saturated carbocycles. The van der Waals surface area contributed by atoms with Gasteiger partial charge in [-0.3, -0.25) is 4.98 Å². The minimum atomic E-state index is -5.95. The van der Waals surface area contributed by atoms with Gasteiger partial charge in [0.25, 0.3) is 0 Å². The SMILES string of the molecule is CC(C)(C)OC(=O)N1C(OS(=O)(=O)C(F)(F)F)=CC[C@@H]2[C@@H]1CC[C@]1(C)C(c3cccnc3)=CC[C@@H]21. The van der Waals surface area contributed by atoms with Gasteiger partial charge in [0, 0.05) is 18.4 Å². The summed E-state index contributed by atoms with van der Waals surface area (Å²) < 4.78 is 72.7. The third-order valence-corrected chi connectivity index (χ3v) is 8.11. The molecule has 1 aromatic heterocycles. The largest absolute Gasteiger partial charge is 0.534 e. The molecule has 3 aliphatic rings. The van der Waals surface area contributed by atoms with E-state index in [4.69, 9.17) is 4.74 Å². The molecule has 192 valence electrons. The number of nitrogens with zero attached hydrogens (tertiary/aromatic N) is 2. The molecule has 11 heteroatoms. The van der Waals surface area contributed by atoms with Gasteiger partial charge in [0.2, 0.25) is 5.88 Å². The van der Waals surface area contributed by atoms with Gasteiger partial charge >= 0.3 is 21.7 Å². The maximum Gasteiger partial charge on any atom is 0.534 e. The Kier molecular flexibility index (Phi) is 6.22. The van der Waals surface area contributed by atoms with Crippen molar-refractivity contribution in [1.29, 1.82) is 0 Å². The molecule has 0 N–H and O–H groups in total. The topological polar surface area (TPSA) is 85.8 Å². The van der Waals surface area contributed by atoms with E-state index in [9.17, 15) is 26.4 Å². The molecule has 1 aromatic rings. The molecule has 1 amide bonds. The Balaban J connectivity index is 1.68. The smallest absolute Gasteiger partial charge is 0.443 e. The number of carbonyl (C=O) groups excluding carboxylic acids is 1. The van der Waals surface area contributed by atoms with Crippen LogP contribution in [-0.4, -0.2) is 41.5 Å². The fourth-order valence-corrected chi connectivity index (χ4v) is 6.18. The van der Waals surface area contributed by atoms with Gasteiger partial charge in [-0.15, -0.1) is 0 Å². The summed E-state index contributed by atoms with van der Waals surface area (Å²) >= 11 is 0. The maximum atomic E-state index is 13.2. The average molecular weight is 515 g/mol. The predicted molar refractivity (Wildman–Crippen MR) is 122 cm³/mol. The summed E-state index contributed by atoms with van der Waals surface area (Å²) in [7, 11) is -5.95. The van der Waals surface area contributed by atoms with Crippen molar-refractivity contribution in [3.63, 3.8) is 0 Å². The van der Waals surface area contributed by atoms with E-state index in [1.165, 1.54) is 11.6 Å². The van der Waals surface area contributed by atoms with Crippen LogP contribution in [0.15, 0.2) is 42.6 Å². The second-order valence-corrected chi connectivity index (χ2v) is 12.0. The number of halogens is 3. The number of aromatic nitrogens is 1. The lowest BCUT2D eigenvalue weighted by atomic mass is 9.58. The summed E-state index contributed by atoms with van der Waals surface area (Å²) in [4.78, 5) is 18.4. The van der Waals surface area contributed by atoms with Crippen LogP contribution >= 0.6 is 0 Å². The summed E-state index contributed by atoms with van der Waals surface area (Å²) in [5.41, 5.74) is -4.59. The molecule has 7 nitrogen and oxygen atoms in total. The highest BCUT2D eigenvalue weighted by atomic mass is 32.2. The second-order valence-electron chi connectivity index (χ2n) is 10.5. The Labute approximate surface area is 203 Å². The number of carbonyl (C=O) groups is 1. The molecular weight excluding hydrogens is 485 g/mol. The summed E-state index contributed by atoms with van der Waals surface area (Å²) in [6, 6.07) is 3.31. The number of alkyl halides is 3. The van der Waals surface area contributed by atoms with Gasteiger partial charge < -0.3 is 8.92 Å². The van der Waals surface area contributed by atoms with E-state index in [0.717, 1.165) is 16.9 Å². The quantitative estimate of drug-likeness (QED) is 0.385. The van der Waals surface area contributed by atoms with Crippen LogP contribution in [-0.2, 0) is 19.0 Å². The van der Waals surface area contributed by atoms with Crippen LogP contribution in [0.25, 0.3) is 5.57 Å². The highest BCUT2D eigenvalue weighted by Gasteiger charge is 2.56. The average Bonchev–Trinajstić information content (AvgIpc) is 3.09. The Hall–Kier alpha value is -2.56. The van der Waals surface area contributed by atoms with E-state index in [2.05, 4.69) is 22.2 Å². The van der Waals surface area contributed by atoms with E-state index in [1.54, 1.807) is 27.0 Å². The molecule has 1 aliphatic heterocycles. The first kappa shape index (κ1) is 25.5. The van der Waals surface area contributed by atoms with E-state index >= 15 is 0 Å². The van der Waals surface area contributed by atoms with Crippen molar-refractivity contribution < 1.29 is 35.3 Å². The van der Waals surface area contributed by atoms with Crippen molar-refractivity contribution in [2.24, 2.45) is 17.3 Å². The molecule has 0 unspecified atom stereocenters. The lowest BCUT2D eigenvalue weighted by molar-refractivity contribution is -0.0584. The number of rotatable bonds is 3. The number of fused-ring (bicyclic) bond motifs is 3. The lowest BCUT2D eigenvalue weighted by Gasteiger charge is -2.52. The van der Waals surface area contributed by atoms with Crippen LogP contribution in [0.2, 0.25) is 0 Å². The normalized spacial score (nSPS) is 29.0. The Morgan fingerprint density at radius 2 is 1.91 bits per heavy atom. The molecule has 0 bridgehead atoms. The molecule has 0 radical (unpaired) electrons. The molecule has 4 rings (SSSR count). The number of pyridine rings is 1. The van der Waals surface area contributed by atoms with E-state index in [0.29, 0.717) is 12.8 Å². The zero-order valence-corrected chi connectivity index (χ0v) is 20.8. The van der Waals surface area contributed by atoms with Gasteiger partial charge in [0.15, 0.2) is 0 Å². The number of ether oxygens (including phenoxy) is 1. The molecule has 4 atom stereocenters. The highest BCUT2D eigenvalue weighted by Crippen LogP contribution is 2.60. The first-order valence-electron chi connectivity index (χ1n) is 11.5. The van der Waals surface area contributed by atoms with Gasteiger partial charge in [0.1, 0.15) is 5.60 Å². The van der Waals surface area contributed by atoms with Crippen LogP contribution in [0.4, 0.5) is 18.0 Å². The van der Waals surface area contributed by atoms with Crippen LogP contribution in [0.1, 0.15) is 58.9 Å². The first-order valence-corrected chi connectivity index (χ1v) is 12.9. The molecule has 0 aromatic carbocycles. The van der Waals surface area contributed by atoms with Crippen molar-refractivity contribution in [1.82, 2.24) is 9.88 Å². The van der Waals surface area contributed by atoms with Crippen LogP contribution in [0.5, 0.6) is 0 Å². The third-order valence-electron chi connectivity index (χ3n) is 7.16. The van der Waals surface area contributed by atoms with Gasteiger partial charge in [-0.05, 0) is 87.0 Å². The number of amides is 1. The van der Waals surface area contributed by atoms with Crippen LogP contribution in [0.3, 0.4) is 0 Å². The van der Waals surface area contributed by atoms with Crippen molar-refractivity contribution in [2.45, 2.75) is 70.5 Å². The molecule has 1 fully saturated rings. The second kappa shape index (κ2) is 8.53. The predicted octanol–water partition coefficient (Wildman–Crippen LogP) is 5.62. The molecular formula is C24H29F3N2O5S. The van der Waals surface area contributed by atoms with Crippen LogP contribution in [0, 0.1) is 17.3 Å². The Bertz CT molecular complexity index is 1160. The molecule has 2 aliphatic carbocycles.